The summed E-state index contributed by atoms with van der Waals surface area (Å²) in [4.78, 5) is 0. The average Bonchev–Trinajstić information content (AvgIpc) is 2.15. The van der Waals surface area contributed by atoms with Crippen LogP contribution in [-0.2, 0) is 0 Å². The molecule has 0 saturated heterocycles. The van der Waals surface area contributed by atoms with Gasteiger partial charge in [0.25, 0.3) is 0 Å². The zero-order valence-electron chi connectivity index (χ0n) is 7.72. The van der Waals surface area contributed by atoms with Gasteiger partial charge >= 0.3 is 0 Å². The summed E-state index contributed by atoms with van der Waals surface area (Å²) in [5.41, 5.74) is 2.61. The Bertz CT molecular complexity index is 239. The van der Waals surface area contributed by atoms with Crippen LogP contribution in [0.5, 0.6) is 0 Å². The van der Waals surface area contributed by atoms with Crippen molar-refractivity contribution >= 4 is 0 Å². The molecular weight excluding hydrogens is 144 g/mol. The van der Waals surface area contributed by atoms with Crippen molar-refractivity contribution in [3.63, 3.8) is 0 Å². The monoisotopic (exact) mass is 160 g/mol. The van der Waals surface area contributed by atoms with Crippen LogP contribution in [0.4, 0.5) is 0 Å². The first-order chi connectivity index (χ1) is 5.88. The molecule has 0 N–H and O–H groups in total. The lowest BCUT2D eigenvalue weighted by atomic mass is 9.97. The van der Waals surface area contributed by atoms with E-state index in [0.29, 0.717) is 0 Å². The molecule has 0 aromatic carbocycles. The minimum atomic E-state index is 1.10. The molecule has 0 unspecified atom stereocenters. The van der Waals surface area contributed by atoms with Crippen LogP contribution in [0.25, 0.3) is 0 Å². The highest BCUT2D eigenvalue weighted by atomic mass is 14.1. The SMILES string of the molecule is C=CC1=CCCC=C1/C=C\CC. The first kappa shape index (κ1) is 9.05. The van der Waals surface area contributed by atoms with Crippen molar-refractivity contribution in [2.45, 2.75) is 26.2 Å². The van der Waals surface area contributed by atoms with Crippen LogP contribution >= 0.6 is 0 Å². The molecule has 0 atom stereocenters. The maximum atomic E-state index is 3.80. The second-order valence-electron chi connectivity index (χ2n) is 2.91. The molecule has 0 heteroatoms. The van der Waals surface area contributed by atoms with Gasteiger partial charge in [0, 0.05) is 0 Å². The molecule has 0 aromatic rings. The number of hydrogen-bond acceptors (Lipinski definition) is 0. The van der Waals surface area contributed by atoms with Crippen molar-refractivity contribution < 1.29 is 0 Å². The Morgan fingerprint density at radius 1 is 1.33 bits per heavy atom. The first-order valence-electron chi connectivity index (χ1n) is 4.58. The Morgan fingerprint density at radius 2 is 2.00 bits per heavy atom. The van der Waals surface area contributed by atoms with Gasteiger partial charge in [0.1, 0.15) is 0 Å². The molecule has 0 bridgehead atoms. The van der Waals surface area contributed by atoms with E-state index in [9.17, 15) is 0 Å². The van der Waals surface area contributed by atoms with Gasteiger partial charge in [-0.15, -0.1) is 0 Å². The maximum Gasteiger partial charge on any atom is -0.0230 e. The second kappa shape index (κ2) is 4.76. The van der Waals surface area contributed by atoms with Crippen molar-refractivity contribution in [2.24, 2.45) is 0 Å². The molecule has 1 aliphatic rings. The number of allylic oxidation sites excluding steroid dienone is 7. The van der Waals surface area contributed by atoms with Gasteiger partial charge in [0.2, 0.25) is 0 Å². The Kier molecular flexibility index (Phi) is 3.59. The van der Waals surface area contributed by atoms with Crippen LogP contribution < -0.4 is 0 Å². The zero-order valence-corrected chi connectivity index (χ0v) is 7.72. The molecule has 0 radical (unpaired) electrons. The van der Waals surface area contributed by atoms with Gasteiger partial charge in [-0.25, -0.2) is 0 Å². The van der Waals surface area contributed by atoms with Crippen LogP contribution in [-0.4, -0.2) is 0 Å². The molecule has 0 saturated carbocycles. The zero-order chi connectivity index (χ0) is 8.81. The molecule has 0 heterocycles. The Balaban J connectivity index is 2.73. The molecule has 64 valence electrons. The summed E-state index contributed by atoms with van der Waals surface area (Å²) in [7, 11) is 0. The fraction of sp³-hybridized carbons (Fsp3) is 0.333. The first-order valence-corrected chi connectivity index (χ1v) is 4.58. The predicted octanol–water partition coefficient (Wildman–Crippen LogP) is 3.79. The van der Waals surface area contributed by atoms with Crippen LogP contribution in [0.1, 0.15) is 26.2 Å². The number of hydrogen-bond donors (Lipinski definition) is 0. The lowest BCUT2D eigenvalue weighted by Crippen LogP contribution is -1.89. The summed E-state index contributed by atoms with van der Waals surface area (Å²) in [5, 5.41) is 0. The van der Waals surface area contributed by atoms with E-state index < -0.39 is 0 Å². The summed E-state index contributed by atoms with van der Waals surface area (Å²) in [6.07, 6.45) is 14.3. The van der Waals surface area contributed by atoms with Crippen molar-refractivity contribution in [1.82, 2.24) is 0 Å². The second-order valence-corrected chi connectivity index (χ2v) is 2.91. The molecule has 0 fully saturated rings. The third kappa shape index (κ3) is 2.23. The molecule has 0 aliphatic heterocycles. The van der Waals surface area contributed by atoms with Crippen LogP contribution in [0, 0.1) is 0 Å². The lowest BCUT2D eigenvalue weighted by Gasteiger charge is -2.08. The quantitative estimate of drug-likeness (QED) is 0.589. The topological polar surface area (TPSA) is 0 Å². The largest absolute Gasteiger partial charge is 0.0985 e. The molecule has 12 heavy (non-hydrogen) atoms. The normalized spacial score (nSPS) is 17.4. The van der Waals surface area contributed by atoms with E-state index in [1.165, 1.54) is 17.6 Å². The van der Waals surface area contributed by atoms with Crippen molar-refractivity contribution in [2.75, 3.05) is 0 Å². The summed E-state index contributed by atoms with van der Waals surface area (Å²) >= 11 is 0. The minimum Gasteiger partial charge on any atom is -0.0985 e. The molecule has 1 aliphatic carbocycles. The van der Waals surface area contributed by atoms with Gasteiger partial charge in [0.05, 0.1) is 0 Å². The maximum absolute atomic E-state index is 3.80. The highest BCUT2D eigenvalue weighted by molar-refractivity contribution is 5.47. The van der Waals surface area contributed by atoms with Crippen molar-refractivity contribution in [3.8, 4) is 0 Å². The minimum absolute atomic E-state index is 1.10. The predicted molar refractivity (Wildman–Crippen MR) is 55.0 cm³/mol. The summed E-state index contributed by atoms with van der Waals surface area (Å²) in [6, 6.07) is 0. The average molecular weight is 160 g/mol. The Labute approximate surface area is 75.0 Å². The van der Waals surface area contributed by atoms with Gasteiger partial charge in [-0.3, -0.25) is 0 Å². The van der Waals surface area contributed by atoms with E-state index >= 15 is 0 Å². The van der Waals surface area contributed by atoms with E-state index in [2.05, 4.69) is 37.8 Å². The standard InChI is InChI=1S/C12H16/c1-3-5-8-12-10-7-6-9-11(12)4-2/h4-5,8-10H,2-3,6-7H2,1H3/b8-5-. The van der Waals surface area contributed by atoms with Crippen molar-refractivity contribution in [3.05, 3.63) is 48.1 Å². The lowest BCUT2D eigenvalue weighted by molar-refractivity contribution is 1.01. The Morgan fingerprint density at radius 3 is 2.58 bits per heavy atom. The fourth-order valence-electron chi connectivity index (χ4n) is 1.32. The van der Waals surface area contributed by atoms with E-state index in [1.54, 1.807) is 0 Å². The molecule has 0 nitrogen and oxygen atoms in total. The molecule has 1 rings (SSSR count). The van der Waals surface area contributed by atoms with E-state index in [1.807, 2.05) is 6.08 Å². The van der Waals surface area contributed by atoms with Crippen molar-refractivity contribution in [1.29, 1.82) is 0 Å². The van der Waals surface area contributed by atoms with Crippen LogP contribution in [0.3, 0.4) is 0 Å². The summed E-state index contributed by atoms with van der Waals surface area (Å²) < 4.78 is 0. The van der Waals surface area contributed by atoms with E-state index in [-0.39, 0.29) is 0 Å². The van der Waals surface area contributed by atoms with Gasteiger partial charge in [-0.1, -0.05) is 43.9 Å². The smallest absolute Gasteiger partial charge is 0.0230 e. The summed E-state index contributed by atoms with van der Waals surface area (Å²) in [5.74, 6) is 0. The van der Waals surface area contributed by atoms with Gasteiger partial charge < -0.3 is 0 Å². The van der Waals surface area contributed by atoms with Gasteiger partial charge in [0.15, 0.2) is 0 Å². The van der Waals surface area contributed by atoms with Crippen LogP contribution in [0.2, 0.25) is 0 Å². The van der Waals surface area contributed by atoms with Crippen LogP contribution in [0.15, 0.2) is 48.1 Å². The molecule has 0 aromatic heterocycles. The highest BCUT2D eigenvalue weighted by Crippen LogP contribution is 2.20. The number of rotatable bonds is 3. The third-order valence-electron chi connectivity index (χ3n) is 1.98. The molecule has 0 amide bonds. The molecular formula is C12H16. The highest BCUT2D eigenvalue weighted by Gasteiger charge is 2.00. The Hall–Kier alpha value is -1.04. The molecule has 0 spiro atoms. The fourth-order valence-corrected chi connectivity index (χ4v) is 1.32. The van der Waals surface area contributed by atoms with Gasteiger partial charge in [-0.2, -0.15) is 0 Å². The van der Waals surface area contributed by atoms with E-state index in [4.69, 9.17) is 0 Å². The van der Waals surface area contributed by atoms with E-state index in [0.717, 1.165) is 12.8 Å². The van der Waals surface area contributed by atoms with Gasteiger partial charge in [-0.05, 0) is 30.4 Å². The third-order valence-corrected chi connectivity index (χ3v) is 1.98. The summed E-state index contributed by atoms with van der Waals surface area (Å²) in [6.45, 7) is 5.95.